The Bertz CT molecular complexity index is 497. The summed E-state index contributed by atoms with van der Waals surface area (Å²) >= 11 is 0. The van der Waals surface area contributed by atoms with Crippen molar-refractivity contribution >= 4 is 15.7 Å². The van der Waals surface area contributed by atoms with Crippen molar-refractivity contribution in [1.29, 1.82) is 0 Å². The smallest absolute Gasteiger partial charge is 0.267 e. The molecule has 0 atom stereocenters. The number of hydroxylamine groups is 1. The van der Waals surface area contributed by atoms with E-state index in [1.165, 1.54) is 6.07 Å². The van der Waals surface area contributed by atoms with E-state index in [-0.39, 0.29) is 12.2 Å². The number of hydrogen-bond acceptors (Lipinski definition) is 4. The van der Waals surface area contributed by atoms with Gasteiger partial charge in [-0.1, -0.05) is 4.47 Å². The monoisotopic (exact) mass is 246 g/mol. The topological polar surface area (TPSA) is 72.6 Å². The van der Waals surface area contributed by atoms with Crippen LogP contribution in [0.1, 0.15) is 6.42 Å². The fourth-order valence-electron chi connectivity index (χ4n) is 1.44. The molecule has 1 aromatic rings. The average molecular weight is 246 g/mol. The predicted molar refractivity (Wildman–Crippen MR) is 55.3 cm³/mol. The van der Waals surface area contributed by atoms with Gasteiger partial charge >= 0.3 is 0 Å². The van der Waals surface area contributed by atoms with Crippen LogP contribution in [0.5, 0.6) is 0 Å². The minimum atomic E-state index is -3.94. The first-order chi connectivity index (χ1) is 7.51. The van der Waals surface area contributed by atoms with Crippen LogP contribution in [0.25, 0.3) is 0 Å². The molecule has 0 unspecified atom stereocenters. The molecule has 7 heteroatoms. The van der Waals surface area contributed by atoms with Crippen LogP contribution >= 0.6 is 0 Å². The summed E-state index contributed by atoms with van der Waals surface area (Å²) in [6, 6.07) is 3.42. The number of benzene rings is 1. The van der Waals surface area contributed by atoms with Gasteiger partial charge in [-0.05, 0) is 24.6 Å². The van der Waals surface area contributed by atoms with Gasteiger partial charge in [0.15, 0.2) is 0 Å². The third-order valence-electron chi connectivity index (χ3n) is 2.22. The molecule has 1 heterocycles. The van der Waals surface area contributed by atoms with Crippen LogP contribution < -0.4 is 5.73 Å². The van der Waals surface area contributed by atoms with Crippen LogP contribution in [0, 0.1) is 5.82 Å². The first-order valence-corrected chi connectivity index (χ1v) is 6.16. The highest BCUT2D eigenvalue weighted by Crippen LogP contribution is 2.24. The molecule has 0 aromatic heterocycles. The second-order valence-electron chi connectivity index (χ2n) is 3.41. The van der Waals surface area contributed by atoms with Gasteiger partial charge in [-0.3, -0.25) is 4.84 Å². The van der Waals surface area contributed by atoms with Crippen LogP contribution in [0.3, 0.4) is 0 Å². The standard InChI is InChI=1S/C9H11FN2O3S/c10-8-3-2-7(11)6-9(8)16(13,14)12-4-1-5-15-12/h2-3,6H,1,4-5,11H2. The first-order valence-electron chi connectivity index (χ1n) is 4.72. The fourth-order valence-corrected chi connectivity index (χ4v) is 2.84. The summed E-state index contributed by atoms with van der Waals surface area (Å²) < 4.78 is 38.0. The van der Waals surface area contributed by atoms with Gasteiger partial charge in [0.1, 0.15) is 10.7 Å². The molecule has 1 saturated heterocycles. The zero-order valence-corrected chi connectivity index (χ0v) is 9.21. The lowest BCUT2D eigenvalue weighted by atomic mass is 10.3. The van der Waals surface area contributed by atoms with Gasteiger partial charge in [0, 0.05) is 12.2 Å². The Balaban J connectivity index is 2.46. The number of sulfonamides is 1. The van der Waals surface area contributed by atoms with Crippen LogP contribution in [0.15, 0.2) is 23.1 Å². The Morgan fingerprint density at radius 2 is 2.19 bits per heavy atom. The van der Waals surface area contributed by atoms with Crippen molar-refractivity contribution < 1.29 is 17.6 Å². The highest BCUT2D eigenvalue weighted by molar-refractivity contribution is 7.89. The third-order valence-corrected chi connectivity index (χ3v) is 3.91. The Kier molecular flexibility index (Phi) is 2.83. The summed E-state index contributed by atoms with van der Waals surface area (Å²) in [5, 5.41) is 0. The van der Waals surface area contributed by atoms with Crippen molar-refractivity contribution in [3.63, 3.8) is 0 Å². The zero-order valence-electron chi connectivity index (χ0n) is 8.39. The van der Waals surface area contributed by atoms with E-state index >= 15 is 0 Å². The van der Waals surface area contributed by atoms with Gasteiger partial charge in [0.2, 0.25) is 0 Å². The minimum absolute atomic E-state index is 0.194. The van der Waals surface area contributed by atoms with Crippen molar-refractivity contribution in [2.24, 2.45) is 0 Å². The summed E-state index contributed by atoms with van der Waals surface area (Å²) in [6.07, 6.45) is 0.600. The largest absolute Gasteiger partial charge is 0.399 e. The van der Waals surface area contributed by atoms with E-state index in [1.807, 2.05) is 0 Å². The molecule has 1 fully saturated rings. The Morgan fingerprint density at radius 1 is 1.44 bits per heavy atom. The molecular weight excluding hydrogens is 235 g/mol. The molecule has 1 aromatic carbocycles. The van der Waals surface area contributed by atoms with E-state index in [1.54, 1.807) is 0 Å². The molecule has 0 radical (unpaired) electrons. The lowest BCUT2D eigenvalue weighted by molar-refractivity contribution is -0.0286. The molecule has 2 rings (SSSR count). The Labute approximate surface area is 92.6 Å². The van der Waals surface area contributed by atoms with Gasteiger partial charge in [-0.25, -0.2) is 12.8 Å². The van der Waals surface area contributed by atoms with Crippen LogP contribution in [-0.2, 0) is 14.9 Å². The average Bonchev–Trinajstić information content (AvgIpc) is 2.75. The van der Waals surface area contributed by atoms with Crippen molar-refractivity contribution in [3.8, 4) is 0 Å². The number of nitrogens with zero attached hydrogens (tertiary/aromatic N) is 1. The SMILES string of the molecule is Nc1ccc(F)c(S(=O)(=O)N2CCCO2)c1. The maximum atomic E-state index is 13.4. The molecule has 0 bridgehead atoms. The Morgan fingerprint density at radius 3 is 2.81 bits per heavy atom. The summed E-state index contributed by atoms with van der Waals surface area (Å²) in [5.74, 6) is -0.829. The summed E-state index contributed by atoms with van der Waals surface area (Å²) in [7, 11) is -3.94. The van der Waals surface area contributed by atoms with Crippen LogP contribution in [-0.4, -0.2) is 26.0 Å². The maximum absolute atomic E-state index is 13.4. The fraction of sp³-hybridized carbons (Fsp3) is 0.333. The molecular formula is C9H11FN2O3S. The number of nitrogen functional groups attached to an aromatic ring is 1. The van der Waals surface area contributed by atoms with Gasteiger partial charge in [0.25, 0.3) is 10.0 Å². The molecule has 1 aliphatic rings. The molecule has 0 saturated carbocycles. The molecule has 16 heavy (non-hydrogen) atoms. The van der Waals surface area contributed by atoms with E-state index < -0.39 is 20.7 Å². The molecule has 2 N–H and O–H groups in total. The maximum Gasteiger partial charge on any atom is 0.267 e. The molecule has 0 amide bonds. The lowest BCUT2D eigenvalue weighted by Gasteiger charge is -2.14. The highest BCUT2D eigenvalue weighted by atomic mass is 32.2. The number of halogens is 1. The summed E-state index contributed by atoms with van der Waals surface area (Å²) in [4.78, 5) is 4.46. The van der Waals surface area contributed by atoms with E-state index in [0.717, 1.165) is 16.6 Å². The normalized spacial score (nSPS) is 17.8. The van der Waals surface area contributed by atoms with Gasteiger partial charge in [-0.2, -0.15) is 0 Å². The van der Waals surface area contributed by atoms with Crippen molar-refractivity contribution in [2.45, 2.75) is 11.3 Å². The summed E-state index contributed by atoms with van der Waals surface area (Å²) in [6.45, 7) is 0.555. The quantitative estimate of drug-likeness (QED) is 0.781. The Hall–Kier alpha value is -1.18. The number of anilines is 1. The first kappa shape index (κ1) is 11.3. The second kappa shape index (κ2) is 4.00. The van der Waals surface area contributed by atoms with E-state index in [4.69, 9.17) is 10.6 Å². The molecule has 0 spiro atoms. The van der Waals surface area contributed by atoms with E-state index in [9.17, 15) is 12.8 Å². The van der Waals surface area contributed by atoms with Crippen molar-refractivity contribution in [3.05, 3.63) is 24.0 Å². The number of hydrogen-bond donors (Lipinski definition) is 1. The van der Waals surface area contributed by atoms with Crippen LogP contribution in [0.2, 0.25) is 0 Å². The van der Waals surface area contributed by atoms with Crippen LogP contribution in [0.4, 0.5) is 10.1 Å². The second-order valence-corrected chi connectivity index (χ2v) is 5.21. The lowest BCUT2D eigenvalue weighted by Crippen LogP contribution is -2.27. The van der Waals surface area contributed by atoms with Crippen molar-refractivity contribution in [2.75, 3.05) is 18.9 Å². The molecule has 0 aliphatic carbocycles. The summed E-state index contributed by atoms with van der Waals surface area (Å²) in [5.41, 5.74) is 5.63. The molecule has 88 valence electrons. The zero-order chi connectivity index (χ0) is 11.8. The van der Waals surface area contributed by atoms with Gasteiger partial charge in [-0.15, -0.1) is 0 Å². The van der Waals surface area contributed by atoms with Gasteiger partial charge < -0.3 is 5.73 Å². The highest BCUT2D eigenvalue weighted by Gasteiger charge is 2.31. The number of rotatable bonds is 2. The van der Waals surface area contributed by atoms with E-state index in [0.29, 0.717) is 13.0 Å². The molecule has 5 nitrogen and oxygen atoms in total. The molecule has 1 aliphatic heterocycles. The predicted octanol–water partition coefficient (Wildman–Crippen LogP) is 0.734. The third kappa shape index (κ3) is 1.89. The minimum Gasteiger partial charge on any atom is -0.399 e. The van der Waals surface area contributed by atoms with E-state index in [2.05, 4.69) is 0 Å². The number of nitrogens with two attached hydrogens (primary N) is 1. The van der Waals surface area contributed by atoms with Crippen molar-refractivity contribution in [1.82, 2.24) is 4.47 Å². The van der Waals surface area contributed by atoms with Gasteiger partial charge in [0.05, 0.1) is 6.61 Å².